The highest BCUT2D eigenvalue weighted by atomic mass is 35.5. The van der Waals surface area contributed by atoms with E-state index < -0.39 is 0 Å². The van der Waals surface area contributed by atoms with Crippen molar-refractivity contribution in [1.82, 2.24) is 10.2 Å². The van der Waals surface area contributed by atoms with Crippen molar-refractivity contribution in [2.75, 3.05) is 11.9 Å². The lowest BCUT2D eigenvalue weighted by Crippen LogP contribution is -2.20. The topological polar surface area (TPSA) is 67.0 Å². The van der Waals surface area contributed by atoms with Crippen LogP contribution in [0.4, 0.5) is 5.82 Å². The highest BCUT2D eigenvalue weighted by Crippen LogP contribution is 2.16. The number of carbonyl (C=O) groups is 1. The molecular formula is C12H12ClN3O2. The number of ether oxygens (including phenoxy) is 1. The number of anilines is 1. The monoisotopic (exact) mass is 265 g/mol. The summed E-state index contributed by atoms with van der Waals surface area (Å²) in [6.45, 7) is 1.76. The minimum atomic E-state index is -0.276. The van der Waals surface area contributed by atoms with Gasteiger partial charge in [-0.15, -0.1) is 0 Å². The molecule has 2 rings (SSSR count). The van der Waals surface area contributed by atoms with Crippen molar-refractivity contribution in [3.05, 3.63) is 41.0 Å². The average Bonchev–Trinajstić information content (AvgIpc) is 2.72. The molecule has 18 heavy (non-hydrogen) atoms. The number of aromatic amines is 1. The number of H-pyrrole nitrogens is 1. The SMILES string of the molecule is Cc1cc(NC(=O)COc2cccc(Cl)c2)n[nH]1. The number of nitrogens with zero attached hydrogens (tertiary/aromatic N) is 1. The molecule has 0 aliphatic rings. The summed E-state index contributed by atoms with van der Waals surface area (Å²) in [5.74, 6) is 0.754. The maximum absolute atomic E-state index is 11.6. The number of nitrogens with one attached hydrogen (secondary N) is 2. The molecule has 0 saturated carbocycles. The van der Waals surface area contributed by atoms with Gasteiger partial charge in [-0.05, 0) is 25.1 Å². The number of halogens is 1. The molecule has 0 unspecified atom stereocenters. The molecule has 2 aromatic rings. The number of hydrogen-bond acceptors (Lipinski definition) is 3. The van der Waals surface area contributed by atoms with Crippen LogP contribution in [0.3, 0.4) is 0 Å². The van der Waals surface area contributed by atoms with Gasteiger partial charge in [0.2, 0.25) is 0 Å². The molecule has 5 nitrogen and oxygen atoms in total. The second-order valence-corrected chi connectivity index (χ2v) is 4.17. The predicted molar refractivity (Wildman–Crippen MR) is 68.9 cm³/mol. The Morgan fingerprint density at radius 2 is 2.33 bits per heavy atom. The number of hydrogen-bond donors (Lipinski definition) is 2. The highest BCUT2D eigenvalue weighted by Gasteiger charge is 2.05. The normalized spacial score (nSPS) is 10.1. The Labute approximate surface area is 109 Å². The van der Waals surface area contributed by atoms with Crippen molar-refractivity contribution in [2.45, 2.75) is 6.92 Å². The summed E-state index contributed by atoms with van der Waals surface area (Å²) in [5, 5.41) is 9.80. The molecule has 2 N–H and O–H groups in total. The number of carbonyl (C=O) groups excluding carboxylic acids is 1. The number of benzene rings is 1. The standard InChI is InChI=1S/C12H12ClN3O2/c1-8-5-11(16-15-8)14-12(17)7-18-10-4-2-3-9(13)6-10/h2-6H,7H2,1H3,(H2,14,15,16,17). The Kier molecular flexibility index (Phi) is 3.84. The minimum absolute atomic E-state index is 0.0910. The summed E-state index contributed by atoms with van der Waals surface area (Å²) in [5.41, 5.74) is 0.876. The summed E-state index contributed by atoms with van der Waals surface area (Å²) in [6, 6.07) is 8.61. The minimum Gasteiger partial charge on any atom is -0.484 e. The molecule has 0 fully saturated rings. The van der Waals surface area contributed by atoms with Crippen molar-refractivity contribution in [3.63, 3.8) is 0 Å². The van der Waals surface area contributed by atoms with E-state index >= 15 is 0 Å². The molecule has 0 spiro atoms. The van der Waals surface area contributed by atoms with E-state index in [1.54, 1.807) is 30.3 Å². The van der Waals surface area contributed by atoms with Gasteiger partial charge in [0.25, 0.3) is 5.91 Å². The van der Waals surface area contributed by atoms with Crippen LogP contribution in [0.1, 0.15) is 5.69 Å². The van der Waals surface area contributed by atoms with E-state index in [1.807, 2.05) is 6.92 Å². The maximum Gasteiger partial charge on any atom is 0.263 e. The van der Waals surface area contributed by atoms with Crippen LogP contribution >= 0.6 is 11.6 Å². The van der Waals surface area contributed by atoms with Crippen LogP contribution in [0.5, 0.6) is 5.75 Å². The third-order valence-electron chi connectivity index (χ3n) is 2.14. The van der Waals surface area contributed by atoms with Crippen molar-refractivity contribution < 1.29 is 9.53 Å². The Morgan fingerprint density at radius 1 is 1.50 bits per heavy atom. The summed E-state index contributed by atoms with van der Waals surface area (Å²) < 4.78 is 5.29. The van der Waals surface area contributed by atoms with E-state index in [4.69, 9.17) is 16.3 Å². The molecule has 6 heteroatoms. The third kappa shape index (κ3) is 3.49. The van der Waals surface area contributed by atoms with Crippen molar-refractivity contribution >= 4 is 23.3 Å². The second kappa shape index (κ2) is 5.55. The molecule has 1 heterocycles. The van der Waals surface area contributed by atoms with Crippen molar-refractivity contribution in [2.24, 2.45) is 0 Å². The van der Waals surface area contributed by atoms with Crippen LogP contribution in [-0.4, -0.2) is 22.7 Å². The molecule has 0 aliphatic carbocycles. The Bertz CT molecular complexity index is 554. The maximum atomic E-state index is 11.6. The molecule has 94 valence electrons. The molecule has 1 aromatic heterocycles. The summed E-state index contributed by atoms with van der Waals surface area (Å²) in [7, 11) is 0. The number of rotatable bonds is 4. The van der Waals surface area contributed by atoms with E-state index in [9.17, 15) is 4.79 Å². The lowest BCUT2D eigenvalue weighted by molar-refractivity contribution is -0.118. The van der Waals surface area contributed by atoms with Gasteiger partial charge in [-0.1, -0.05) is 17.7 Å². The Balaban J connectivity index is 1.85. The fraction of sp³-hybridized carbons (Fsp3) is 0.167. The van der Waals surface area contributed by atoms with Gasteiger partial charge >= 0.3 is 0 Å². The van der Waals surface area contributed by atoms with Crippen LogP contribution in [-0.2, 0) is 4.79 Å². The Hall–Kier alpha value is -2.01. The van der Waals surface area contributed by atoms with Gasteiger partial charge in [0, 0.05) is 16.8 Å². The highest BCUT2D eigenvalue weighted by molar-refractivity contribution is 6.30. The van der Waals surface area contributed by atoms with E-state index in [-0.39, 0.29) is 12.5 Å². The largest absolute Gasteiger partial charge is 0.484 e. The van der Waals surface area contributed by atoms with Crippen LogP contribution in [0.2, 0.25) is 5.02 Å². The van der Waals surface area contributed by atoms with E-state index in [2.05, 4.69) is 15.5 Å². The van der Waals surface area contributed by atoms with E-state index in [0.29, 0.717) is 16.6 Å². The van der Waals surface area contributed by atoms with Gasteiger partial charge in [0.05, 0.1) is 0 Å². The first kappa shape index (κ1) is 12.4. The van der Waals surface area contributed by atoms with Crippen LogP contribution in [0.25, 0.3) is 0 Å². The molecule has 0 atom stereocenters. The number of amides is 1. The van der Waals surface area contributed by atoms with Gasteiger partial charge in [0.15, 0.2) is 12.4 Å². The van der Waals surface area contributed by atoms with Crippen LogP contribution in [0, 0.1) is 6.92 Å². The van der Waals surface area contributed by atoms with Crippen LogP contribution < -0.4 is 10.1 Å². The van der Waals surface area contributed by atoms with Crippen molar-refractivity contribution in [3.8, 4) is 5.75 Å². The summed E-state index contributed by atoms with van der Waals surface area (Å²) in [4.78, 5) is 11.6. The number of aryl methyl sites for hydroxylation is 1. The van der Waals surface area contributed by atoms with Crippen molar-refractivity contribution in [1.29, 1.82) is 0 Å². The molecule has 1 aromatic carbocycles. The fourth-order valence-corrected chi connectivity index (χ4v) is 1.55. The number of aromatic nitrogens is 2. The molecule has 0 aliphatic heterocycles. The zero-order chi connectivity index (χ0) is 13.0. The fourth-order valence-electron chi connectivity index (χ4n) is 1.37. The molecular weight excluding hydrogens is 254 g/mol. The zero-order valence-corrected chi connectivity index (χ0v) is 10.5. The summed E-state index contributed by atoms with van der Waals surface area (Å²) >= 11 is 5.80. The lowest BCUT2D eigenvalue weighted by atomic mass is 10.3. The first-order chi connectivity index (χ1) is 8.63. The third-order valence-corrected chi connectivity index (χ3v) is 2.37. The first-order valence-electron chi connectivity index (χ1n) is 5.34. The van der Waals surface area contributed by atoms with Crippen LogP contribution in [0.15, 0.2) is 30.3 Å². The molecule has 0 bridgehead atoms. The van der Waals surface area contributed by atoms with Gasteiger partial charge in [-0.25, -0.2) is 0 Å². The first-order valence-corrected chi connectivity index (χ1v) is 5.71. The Morgan fingerprint density at radius 3 is 3.00 bits per heavy atom. The van der Waals surface area contributed by atoms with E-state index in [1.165, 1.54) is 0 Å². The van der Waals surface area contributed by atoms with E-state index in [0.717, 1.165) is 5.69 Å². The van der Waals surface area contributed by atoms with Gasteiger partial charge in [-0.3, -0.25) is 9.89 Å². The smallest absolute Gasteiger partial charge is 0.263 e. The lowest BCUT2D eigenvalue weighted by Gasteiger charge is -2.05. The quantitative estimate of drug-likeness (QED) is 0.892. The summed E-state index contributed by atoms with van der Waals surface area (Å²) in [6.07, 6.45) is 0. The molecule has 0 saturated heterocycles. The molecule has 1 amide bonds. The predicted octanol–water partition coefficient (Wildman–Crippen LogP) is 2.39. The zero-order valence-electron chi connectivity index (χ0n) is 9.74. The van der Waals surface area contributed by atoms with Gasteiger partial charge in [0.1, 0.15) is 5.75 Å². The molecule has 0 radical (unpaired) electrons. The van der Waals surface area contributed by atoms with Gasteiger partial charge in [-0.2, -0.15) is 5.10 Å². The average molecular weight is 266 g/mol. The van der Waals surface area contributed by atoms with Gasteiger partial charge < -0.3 is 10.1 Å². The second-order valence-electron chi connectivity index (χ2n) is 3.73.